The Morgan fingerprint density at radius 3 is 2.78 bits per heavy atom. The van der Waals surface area contributed by atoms with E-state index in [-0.39, 0.29) is 11.3 Å². The first-order valence-electron chi connectivity index (χ1n) is 6.06. The summed E-state index contributed by atoms with van der Waals surface area (Å²) in [6.07, 6.45) is 2.28. The molecule has 0 bridgehead atoms. The van der Waals surface area contributed by atoms with Gasteiger partial charge in [0.05, 0.1) is 17.4 Å². The van der Waals surface area contributed by atoms with Crippen LogP contribution >= 0.6 is 0 Å². The van der Waals surface area contributed by atoms with Crippen LogP contribution in [0.1, 0.15) is 27.2 Å². The van der Waals surface area contributed by atoms with Crippen molar-refractivity contribution in [3.8, 4) is 0 Å². The van der Waals surface area contributed by atoms with Crippen molar-refractivity contribution in [2.45, 2.75) is 27.2 Å². The van der Waals surface area contributed by atoms with E-state index in [4.69, 9.17) is 0 Å². The molecule has 1 aromatic carbocycles. The second kappa shape index (κ2) is 4.44. The number of nitrogens with one attached hydrogen (secondary N) is 1. The maximum atomic E-state index is 11.8. The maximum Gasteiger partial charge on any atom is 0.224 e. The Labute approximate surface area is 107 Å². The first-order chi connectivity index (χ1) is 8.35. The Bertz CT molecular complexity index is 578. The number of carbonyl (C=O) groups is 1. The molecule has 4 nitrogen and oxygen atoms in total. The van der Waals surface area contributed by atoms with Gasteiger partial charge >= 0.3 is 0 Å². The van der Waals surface area contributed by atoms with Crippen LogP contribution in [0, 0.1) is 5.41 Å². The molecule has 0 saturated heterocycles. The summed E-state index contributed by atoms with van der Waals surface area (Å²) in [7, 11) is 1.95. The number of benzene rings is 1. The van der Waals surface area contributed by atoms with Gasteiger partial charge in [0, 0.05) is 19.2 Å². The van der Waals surface area contributed by atoms with Gasteiger partial charge < -0.3 is 9.88 Å². The number of aryl methyl sites for hydroxylation is 1. The molecule has 1 amide bonds. The zero-order valence-electron chi connectivity index (χ0n) is 11.3. The second-order valence-corrected chi connectivity index (χ2v) is 5.84. The van der Waals surface area contributed by atoms with Crippen LogP contribution in [0.15, 0.2) is 24.5 Å². The summed E-state index contributed by atoms with van der Waals surface area (Å²) in [5, 5.41) is 2.91. The minimum Gasteiger partial charge on any atom is -0.334 e. The smallest absolute Gasteiger partial charge is 0.224 e. The average Bonchev–Trinajstić information content (AvgIpc) is 2.57. The van der Waals surface area contributed by atoms with E-state index in [1.54, 1.807) is 6.33 Å². The van der Waals surface area contributed by atoms with Crippen LogP contribution in [-0.2, 0) is 11.8 Å². The number of rotatable bonds is 2. The van der Waals surface area contributed by atoms with Crippen molar-refractivity contribution in [1.29, 1.82) is 0 Å². The lowest BCUT2D eigenvalue weighted by molar-refractivity contribution is -0.117. The molecule has 0 aliphatic heterocycles. The fourth-order valence-electron chi connectivity index (χ4n) is 1.90. The average molecular weight is 245 g/mol. The number of hydrogen-bond donors (Lipinski definition) is 1. The number of nitrogens with zero attached hydrogens (tertiary/aromatic N) is 2. The topological polar surface area (TPSA) is 46.9 Å². The first kappa shape index (κ1) is 12.6. The van der Waals surface area contributed by atoms with Crippen LogP contribution in [-0.4, -0.2) is 15.5 Å². The molecule has 0 aliphatic carbocycles. The highest BCUT2D eigenvalue weighted by molar-refractivity contribution is 5.93. The van der Waals surface area contributed by atoms with E-state index in [9.17, 15) is 4.79 Å². The molecule has 0 radical (unpaired) electrons. The Kier molecular flexibility index (Phi) is 3.11. The van der Waals surface area contributed by atoms with E-state index in [1.165, 1.54) is 0 Å². The third-order valence-corrected chi connectivity index (χ3v) is 2.70. The van der Waals surface area contributed by atoms with Gasteiger partial charge in [-0.1, -0.05) is 20.8 Å². The third kappa shape index (κ3) is 2.88. The number of anilines is 1. The summed E-state index contributed by atoms with van der Waals surface area (Å²) in [6.45, 7) is 6.15. The molecule has 1 aromatic heterocycles. The van der Waals surface area contributed by atoms with E-state index < -0.39 is 0 Å². The van der Waals surface area contributed by atoms with Gasteiger partial charge in [-0.15, -0.1) is 0 Å². The van der Waals surface area contributed by atoms with Crippen molar-refractivity contribution in [2.24, 2.45) is 12.5 Å². The number of imidazole rings is 1. The highest BCUT2D eigenvalue weighted by Gasteiger charge is 2.16. The molecule has 0 unspecified atom stereocenters. The summed E-state index contributed by atoms with van der Waals surface area (Å²) in [6, 6.07) is 5.77. The van der Waals surface area contributed by atoms with Crippen LogP contribution in [0.4, 0.5) is 5.69 Å². The molecule has 0 aliphatic rings. The summed E-state index contributed by atoms with van der Waals surface area (Å²) in [5.41, 5.74) is 2.75. The fourth-order valence-corrected chi connectivity index (χ4v) is 1.90. The van der Waals surface area contributed by atoms with E-state index in [0.29, 0.717) is 6.42 Å². The number of amides is 1. The van der Waals surface area contributed by atoms with Gasteiger partial charge in [0.2, 0.25) is 5.91 Å². The van der Waals surface area contributed by atoms with Gasteiger partial charge in [0.15, 0.2) is 0 Å². The monoisotopic (exact) mass is 245 g/mol. The molecule has 4 heteroatoms. The highest BCUT2D eigenvalue weighted by atomic mass is 16.1. The Morgan fingerprint density at radius 2 is 2.11 bits per heavy atom. The Morgan fingerprint density at radius 1 is 1.39 bits per heavy atom. The van der Waals surface area contributed by atoms with Gasteiger partial charge in [0.25, 0.3) is 0 Å². The number of aromatic nitrogens is 2. The highest BCUT2D eigenvalue weighted by Crippen LogP contribution is 2.21. The molecule has 2 aromatic rings. The summed E-state index contributed by atoms with van der Waals surface area (Å²) in [5.74, 6) is 0.0396. The van der Waals surface area contributed by atoms with Crippen molar-refractivity contribution < 1.29 is 4.79 Å². The van der Waals surface area contributed by atoms with Crippen LogP contribution in [0.25, 0.3) is 11.0 Å². The first-order valence-corrected chi connectivity index (χ1v) is 6.06. The lowest BCUT2D eigenvalue weighted by Crippen LogP contribution is -2.19. The SMILES string of the molecule is Cn1cnc2cc(NC(=O)CC(C)(C)C)ccc21. The number of carbonyl (C=O) groups excluding carboxylic acids is 1. The molecule has 0 fully saturated rings. The van der Waals surface area contributed by atoms with E-state index >= 15 is 0 Å². The van der Waals surface area contributed by atoms with Crippen molar-refractivity contribution >= 4 is 22.6 Å². The quantitative estimate of drug-likeness (QED) is 0.884. The third-order valence-electron chi connectivity index (χ3n) is 2.70. The van der Waals surface area contributed by atoms with Crippen LogP contribution in [0.5, 0.6) is 0 Å². The zero-order valence-corrected chi connectivity index (χ0v) is 11.3. The summed E-state index contributed by atoms with van der Waals surface area (Å²) < 4.78 is 1.95. The van der Waals surface area contributed by atoms with Crippen molar-refractivity contribution in [1.82, 2.24) is 9.55 Å². The van der Waals surface area contributed by atoms with E-state index in [0.717, 1.165) is 16.7 Å². The normalized spacial score (nSPS) is 11.8. The maximum absolute atomic E-state index is 11.8. The number of hydrogen-bond acceptors (Lipinski definition) is 2. The molecule has 1 heterocycles. The molecule has 18 heavy (non-hydrogen) atoms. The van der Waals surface area contributed by atoms with Crippen LogP contribution in [0.3, 0.4) is 0 Å². The minimum absolute atomic E-state index is 0.000812. The second-order valence-electron chi connectivity index (χ2n) is 5.84. The molecular weight excluding hydrogens is 226 g/mol. The van der Waals surface area contributed by atoms with Crippen molar-refractivity contribution in [2.75, 3.05) is 5.32 Å². The van der Waals surface area contributed by atoms with Crippen LogP contribution in [0.2, 0.25) is 0 Å². The predicted octanol–water partition coefficient (Wildman–Crippen LogP) is 2.95. The largest absolute Gasteiger partial charge is 0.334 e. The van der Waals surface area contributed by atoms with Gasteiger partial charge in [-0.05, 0) is 23.6 Å². The van der Waals surface area contributed by atoms with E-state index in [1.807, 2.05) is 29.8 Å². The van der Waals surface area contributed by atoms with Gasteiger partial charge in [-0.3, -0.25) is 4.79 Å². The van der Waals surface area contributed by atoms with Crippen LogP contribution < -0.4 is 5.32 Å². The van der Waals surface area contributed by atoms with Gasteiger partial charge in [-0.2, -0.15) is 0 Å². The van der Waals surface area contributed by atoms with E-state index in [2.05, 4.69) is 31.1 Å². The fraction of sp³-hybridized carbons (Fsp3) is 0.429. The standard InChI is InChI=1S/C14H19N3O/c1-14(2,3)8-13(18)16-10-5-6-12-11(7-10)15-9-17(12)4/h5-7,9H,8H2,1-4H3,(H,16,18). The molecule has 0 atom stereocenters. The van der Waals surface area contributed by atoms with Crippen molar-refractivity contribution in [3.05, 3.63) is 24.5 Å². The molecule has 96 valence electrons. The Balaban J connectivity index is 2.15. The van der Waals surface area contributed by atoms with Crippen molar-refractivity contribution in [3.63, 3.8) is 0 Å². The summed E-state index contributed by atoms with van der Waals surface area (Å²) in [4.78, 5) is 16.1. The number of fused-ring (bicyclic) bond motifs is 1. The van der Waals surface area contributed by atoms with Gasteiger partial charge in [-0.25, -0.2) is 4.98 Å². The lowest BCUT2D eigenvalue weighted by atomic mass is 9.92. The lowest BCUT2D eigenvalue weighted by Gasteiger charge is -2.17. The molecule has 2 rings (SSSR count). The predicted molar refractivity (Wildman–Crippen MR) is 73.4 cm³/mol. The molecule has 0 saturated carbocycles. The van der Waals surface area contributed by atoms with Gasteiger partial charge in [0.1, 0.15) is 0 Å². The summed E-state index contributed by atoms with van der Waals surface area (Å²) >= 11 is 0. The zero-order chi connectivity index (χ0) is 13.3. The molecule has 0 spiro atoms. The Hall–Kier alpha value is -1.84. The molecular formula is C14H19N3O. The minimum atomic E-state index is -0.000812. The molecule has 1 N–H and O–H groups in total.